The first kappa shape index (κ1) is 18.3. The third-order valence-corrected chi connectivity index (χ3v) is 5.77. The van der Waals surface area contributed by atoms with E-state index in [-0.39, 0.29) is 11.8 Å². The number of amides is 1. The van der Waals surface area contributed by atoms with Crippen molar-refractivity contribution in [2.75, 3.05) is 44.2 Å². The fraction of sp³-hybridized carbons (Fsp3) is 0.619. The Labute approximate surface area is 160 Å². The number of hydrogen-bond donors (Lipinski definition) is 1. The van der Waals surface area contributed by atoms with Crippen LogP contribution in [-0.4, -0.2) is 55.1 Å². The highest BCUT2D eigenvalue weighted by atomic mass is 16.4. The summed E-state index contributed by atoms with van der Waals surface area (Å²) in [5, 5.41) is 3.16. The fourth-order valence-electron chi connectivity index (χ4n) is 4.20. The molecule has 2 aliphatic heterocycles. The van der Waals surface area contributed by atoms with E-state index in [2.05, 4.69) is 20.1 Å². The van der Waals surface area contributed by atoms with Gasteiger partial charge in [0.1, 0.15) is 5.52 Å². The summed E-state index contributed by atoms with van der Waals surface area (Å²) >= 11 is 0. The number of oxazole rings is 1. The number of nitrogens with zero attached hydrogens (tertiary/aromatic N) is 3. The Morgan fingerprint density at radius 1 is 1.11 bits per heavy atom. The van der Waals surface area contributed by atoms with Crippen LogP contribution in [0, 0.1) is 5.92 Å². The van der Waals surface area contributed by atoms with Crippen LogP contribution in [0.15, 0.2) is 28.7 Å². The van der Waals surface area contributed by atoms with E-state index in [0.29, 0.717) is 12.6 Å². The molecule has 146 valence electrons. The summed E-state index contributed by atoms with van der Waals surface area (Å²) in [6.07, 6.45) is 7.19. The molecule has 2 saturated heterocycles. The molecule has 0 spiro atoms. The molecule has 27 heavy (non-hydrogen) atoms. The van der Waals surface area contributed by atoms with Crippen LogP contribution in [0.5, 0.6) is 0 Å². The standard InChI is InChI=1S/C21H30N4O2/c26-20(22-11-15-24-12-5-1-2-6-13-24)17-8-7-14-25(16-17)21-23-18-9-3-4-10-19(18)27-21/h3-4,9-10,17H,1-2,5-8,11-16H2,(H,22,26). The molecule has 0 saturated carbocycles. The average molecular weight is 370 g/mol. The molecule has 1 unspecified atom stereocenters. The van der Waals surface area contributed by atoms with Gasteiger partial charge >= 0.3 is 0 Å². The number of fused-ring (bicyclic) bond motifs is 1. The normalized spacial score (nSPS) is 21.9. The molecular formula is C21H30N4O2. The van der Waals surface area contributed by atoms with Gasteiger partial charge < -0.3 is 19.5 Å². The van der Waals surface area contributed by atoms with E-state index in [1.54, 1.807) is 0 Å². The van der Waals surface area contributed by atoms with Crippen molar-refractivity contribution in [3.8, 4) is 0 Å². The molecule has 4 rings (SSSR count). The Kier molecular flexibility index (Phi) is 5.92. The number of likely N-dealkylation sites (tertiary alicyclic amines) is 1. The lowest BCUT2D eigenvalue weighted by molar-refractivity contribution is -0.125. The third kappa shape index (κ3) is 4.61. The second kappa shape index (κ2) is 8.74. The number of nitrogens with one attached hydrogen (secondary N) is 1. The number of anilines is 1. The molecule has 0 radical (unpaired) electrons. The number of rotatable bonds is 5. The van der Waals surface area contributed by atoms with Crippen LogP contribution in [0.1, 0.15) is 38.5 Å². The second-order valence-electron chi connectivity index (χ2n) is 7.80. The lowest BCUT2D eigenvalue weighted by atomic mass is 9.97. The van der Waals surface area contributed by atoms with Gasteiger partial charge in [-0.05, 0) is 50.9 Å². The minimum atomic E-state index is 0.0119. The van der Waals surface area contributed by atoms with E-state index >= 15 is 0 Å². The van der Waals surface area contributed by atoms with Crippen LogP contribution in [0.25, 0.3) is 11.1 Å². The van der Waals surface area contributed by atoms with Gasteiger partial charge in [-0.3, -0.25) is 4.79 Å². The Morgan fingerprint density at radius 2 is 1.93 bits per heavy atom. The van der Waals surface area contributed by atoms with Crippen LogP contribution in [0.4, 0.5) is 6.01 Å². The molecule has 2 fully saturated rings. The molecule has 6 heteroatoms. The average Bonchev–Trinajstić information content (AvgIpc) is 2.97. The summed E-state index contributed by atoms with van der Waals surface area (Å²) in [6, 6.07) is 8.44. The van der Waals surface area contributed by atoms with Gasteiger partial charge in [-0.2, -0.15) is 4.98 Å². The zero-order valence-electron chi connectivity index (χ0n) is 16.0. The van der Waals surface area contributed by atoms with Crippen LogP contribution < -0.4 is 10.2 Å². The number of carbonyl (C=O) groups excluding carboxylic acids is 1. The number of piperidine rings is 1. The van der Waals surface area contributed by atoms with Crippen molar-refractivity contribution in [2.24, 2.45) is 5.92 Å². The molecule has 2 aromatic rings. The maximum atomic E-state index is 12.6. The number of aromatic nitrogens is 1. The Bertz CT molecular complexity index is 718. The van der Waals surface area contributed by atoms with Crippen molar-refractivity contribution in [1.29, 1.82) is 0 Å². The Hall–Kier alpha value is -2.08. The predicted octanol–water partition coefficient (Wildman–Crippen LogP) is 3.04. The highest BCUT2D eigenvalue weighted by Crippen LogP contribution is 2.26. The Morgan fingerprint density at radius 3 is 2.74 bits per heavy atom. The topological polar surface area (TPSA) is 61.6 Å². The summed E-state index contributed by atoms with van der Waals surface area (Å²) in [5.74, 6) is 0.184. The van der Waals surface area contributed by atoms with Gasteiger partial charge in [-0.1, -0.05) is 25.0 Å². The van der Waals surface area contributed by atoms with Crippen LogP contribution in [-0.2, 0) is 4.79 Å². The maximum Gasteiger partial charge on any atom is 0.298 e. The van der Waals surface area contributed by atoms with E-state index in [0.717, 1.165) is 43.6 Å². The van der Waals surface area contributed by atoms with Gasteiger partial charge in [0, 0.05) is 26.2 Å². The van der Waals surface area contributed by atoms with Gasteiger partial charge in [0.25, 0.3) is 6.01 Å². The zero-order valence-corrected chi connectivity index (χ0v) is 16.0. The molecular weight excluding hydrogens is 340 g/mol. The second-order valence-corrected chi connectivity index (χ2v) is 7.80. The van der Waals surface area contributed by atoms with E-state index in [4.69, 9.17) is 4.42 Å². The molecule has 1 aromatic carbocycles. The molecule has 0 aliphatic carbocycles. The first-order valence-corrected chi connectivity index (χ1v) is 10.4. The van der Waals surface area contributed by atoms with Crippen molar-refractivity contribution in [1.82, 2.24) is 15.2 Å². The third-order valence-electron chi connectivity index (χ3n) is 5.77. The maximum absolute atomic E-state index is 12.6. The zero-order chi connectivity index (χ0) is 18.5. The van der Waals surface area contributed by atoms with Crippen molar-refractivity contribution < 1.29 is 9.21 Å². The predicted molar refractivity (Wildman–Crippen MR) is 107 cm³/mol. The number of carbonyl (C=O) groups is 1. The highest BCUT2D eigenvalue weighted by molar-refractivity contribution is 5.79. The molecule has 3 heterocycles. The Balaban J connectivity index is 1.28. The summed E-state index contributed by atoms with van der Waals surface area (Å²) in [4.78, 5) is 21.8. The van der Waals surface area contributed by atoms with Crippen LogP contribution in [0.2, 0.25) is 0 Å². The molecule has 2 aliphatic rings. The SMILES string of the molecule is O=C(NCCN1CCCCCC1)C1CCCN(c2nc3ccccc3o2)C1. The smallest absolute Gasteiger partial charge is 0.298 e. The van der Waals surface area contributed by atoms with Gasteiger partial charge in [0.2, 0.25) is 5.91 Å². The highest BCUT2D eigenvalue weighted by Gasteiger charge is 2.28. The van der Waals surface area contributed by atoms with Crippen molar-refractivity contribution >= 4 is 23.0 Å². The first-order valence-electron chi connectivity index (χ1n) is 10.4. The minimum absolute atomic E-state index is 0.0119. The number of hydrogen-bond acceptors (Lipinski definition) is 5. The van der Waals surface area contributed by atoms with Crippen molar-refractivity contribution in [2.45, 2.75) is 38.5 Å². The molecule has 6 nitrogen and oxygen atoms in total. The lowest BCUT2D eigenvalue weighted by Gasteiger charge is -2.31. The molecule has 1 aromatic heterocycles. The van der Waals surface area contributed by atoms with Crippen LogP contribution >= 0.6 is 0 Å². The minimum Gasteiger partial charge on any atom is -0.423 e. The number of para-hydroxylation sites is 2. The summed E-state index contributed by atoms with van der Waals surface area (Å²) in [7, 11) is 0. The quantitative estimate of drug-likeness (QED) is 0.877. The summed E-state index contributed by atoms with van der Waals surface area (Å²) in [6.45, 7) is 5.63. The monoisotopic (exact) mass is 370 g/mol. The molecule has 1 amide bonds. The summed E-state index contributed by atoms with van der Waals surface area (Å²) in [5.41, 5.74) is 1.67. The molecule has 1 N–H and O–H groups in total. The van der Waals surface area contributed by atoms with Gasteiger partial charge in [0.05, 0.1) is 5.92 Å². The van der Waals surface area contributed by atoms with Gasteiger partial charge in [-0.15, -0.1) is 0 Å². The first-order chi connectivity index (χ1) is 13.3. The molecule has 0 bridgehead atoms. The largest absolute Gasteiger partial charge is 0.423 e. The molecule has 1 atom stereocenters. The van der Waals surface area contributed by atoms with E-state index < -0.39 is 0 Å². The van der Waals surface area contributed by atoms with E-state index in [1.165, 1.54) is 38.8 Å². The fourth-order valence-corrected chi connectivity index (χ4v) is 4.20. The van der Waals surface area contributed by atoms with Gasteiger partial charge in [0.15, 0.2) is 5.58 Å². The van der Waals surface area contributed by atoms with E-state index in [1.807, 2.05) is 24.3 Å². The lowest BCUT2D eigenvalue weighted by Crippen LogP contribution is -2.45. The van der Waals surface area contributed by atoms with Crippen molar-refractivity contribution in [3.05, 3.63) is 24.3 Å². The van der Waals surface area contributed by atoms with Gasteiger partial charge in [-0.25, -0.2) is 0 Å². The van der Waals surface area contributed by atoms with E-state index in [9.17, 15) is 4.79 Å². The van der Waals surface area contributed by atoms with Crippen molar-refractivity contribution in [3.63, 3.8) is 0 Å². The summed E-state index contributed by atoms with van der Waals surface area (Å²) < 4.78 is 5.88. The van der Waals surface area contributed by atoms with Crippen LogP contribution in [0.3, 0.4) is 0 Å². The number of benzene rings is 1.